The van der Waals surface area contributed by atoms with Crippen LogP contribution in [0.2, 0.25) is 0 Å². The Kier molecular flexibility index (Phi) is 4.42. The van der Waals surface area contributed by atoms with E-state index in [9.17, 15) is 0 Å². The summed E-state index contributed by atoms with van der Waals surface area (Å²) in [6, 6.07) is 5.76. The second kappa shape index (κ2) is 5.88. The summed E-state index contributed by atoms with van der Waals surface area (Å²) in [7, 11) is 1.64. The van der Waals surface area contributed by atoms with Gasteiger partial charge in [-0.05, 0) is 48.0 Å². The molecule has 0 saturated carbocycles. The van der Waals surface area contributed by atoms with Crippen molar-refractivity contribution >= 4 is 27.5 Å². The van der Waals surface area contributed by atoms with E-state index in [4.69, 9.17) is 16.3 Å². The fourth-order valence-electron chi connectivity index (χ4n) is 1.81. The van der Waals surface area contributed by atoms with Gasteiger partial charge < -0.3 is 4.74 Å². The van der Waals surface area contributed by atoms with Crippen molar-refractivity contribution in [2.24, 2.45) is 0 Å². The van der Waals surface area contributed by atoms with Crippen molar-refractivity contribution in [2.75, 3.05) is 7.11 Å². The monoisotopic (exact) mass is 340 g/mol. The van der Waals surface area contributed by atoms with Crippen molar-refractivity contribution in [1.82, 2.24) is 9.97 Å². The van der Waals surface area contributed by atoms with Crippen LogP contribution in [0.3, 0.4) is 0 Å². The third-order valence-corrected chi connectivity index (χ3v) is 3.71. The standard InChI is InChI=1S/C14H14BrClN2O/c1-8(16)11-7-17-14(18-9(11)2)10-4-5-13(19-3)12(15)6-10/h4-8H,1-3H3. The second-order valence-corrected chi connectivity index (χ2v) is 5.71. The number of methoxy groups -OCH3 is 1. The lowest BCUT2D eigenvalue weighted by atomic mass is 10.1. The largest absolute Gasteiger partial charge is 0.496 e. The molecule has 1 aromatic heterocycles. The van der Waals surface area contributed by atoms with E-state index in [1.54, 1.807) is 13.3 Å². The van der Waals surface area contributed by atoms with E-state index in [0.717, 1.165) is 27.0 Å². The van der Waals surface area contributed by atoms with Crippen LogP contribution in [0.5, 0.6) is 5.75 Å². The Labute approximate surface area is 126 Å². The molecule has 2 rings (SSSR count). The minimum absolute atomic E-state index is 0.0864. The summed E-state index contributed by atoms with van der Waals surface area (Å²) in [5, 5.41) is -0.0864. The van der Waals surface area contributed by atoms with Crippen LogP contribution in [-0.4, -0.2) is 17.1 Å². The van der Waals surface area contributed by atoms with Crippen molar-refractivity contribution in [1.29, 1.82) is 0 Å². The highest BCUT2D eigenvalue weighted by atomic mass is 79.9. The molecule has 0 bridgehead atoms. The molecule has 1 unspecified atom stereocenters. The number of aryl methyl sites for hydroxylation is 1. The van der Waals surface area contributed by atoms with E-state index in [1.165, 1.54) is 0 Å². The van der Waals surface area contributed by atoms with Gasteiger partial charge in [0.2, 0.25) is 0 Å². The Morgan fingerprint density at radius 3 is 2.63 bits per heavy atom. The maximum absolute atomic E-state index is 6.07. The molecule has 19 heavy (non-hydrogen) atoms. The zero-order chi connectivity index (χ0) is 14.0. The van der Waals surface area contributed by atoms with Crippen molar-refractivity contribution in [3.8, 4) is 17.1 Å². The molecule has 1 atom stereocenters. The van der Waals surface area contributed by atoms with Gasteiger partial charge in [-0.3, -0.25) is 0 Å². The van der Waals surface area contributed by atoms with Crippen LogP contribution in [0.25, 0.3) is 11.4 Å². The molecule has 1 heterocycles. The van der Waals surface area contributed by atoms with Gasteiger partial charge in [-0.15, -0.1) is 11.6 Å². The van der Waals surface area contributed by atoms with Crippen LogP contribution in [0.1, 0.15) is 23.6 Å². The number of nitrogens with zero attached hydrogens (tertiary/aromatic N) is 2. The molecule has 0 amide bonds. The molecule has 0 fully saturated rings. The predicted molar refractivity (Wildman–Crippen MR) is 80.7 cm³/mol. The van der Waals surface area contributed by atoms with E-state index >= 15 is 0 Å². The summed E-state index contributed by atoms with van der Waals surface area (Å²) in [5.74, 6) is 1.47. The van der Waals surface area contributed by atoms with Crippen LogP contribution < -0.4 is 4.74 Å². The molecule has 0 radical (unpaired) electrons. The van der Waals surface area contributed by atoms with Crippen molar-refractivity contribution < 1.29 is 4.74 Å². The third-order valence-electron chi connectivity index (χ3n) is 2.86. The maximum atomic E-state index is 6.07. The van der Waals surface area contributed by atoms with Gasteiger partial charge in [0.15, 0.2) is 5.82 Å². The van der Waals surface area contributed by atoms with Gasteiger partial charge >= 0.3 is 0 Å². The summed E-state index contributed by atoms with van der Waals surface area (Å²) < 4.78 is 6.08. The molecular weight excluding hydrogens is 328 g/mol. The van der Waals surface area contributed by atoms with Crippen molar-refractivity contribution in [3.63, 3.8) is 0 Å². The fourth-order valence-corrected chi connectivity index (χ4v) is 2.57. The van der Waals surface area contributed by atoms with Crippen molar-refractivity contribution in [3.05, 3.63) is 40.1 Å². The summed E-state index contributed by atoms with van der Waals surface area (Å²) in [6.07, 6.45) is 1.79. The summed E-state index contributed by atoms with van der Waals surface area (Å²) in [4.78, 5) is 8.87. The van der Waals surface area contributed by atoms with Gasteiger partial charge in [0.1, 0.15) is 5.75 Å². The maximum Gasteiger partial charge on any atom is 0.159 e. The first-order valence-electron chi connectivity index (χ1n) is 5.84. The Hall–Kier alpha value is -1.13. The Morgan fingerprint density at radius 2 is 2.11 bits per heavy atom. The lowest BCUT2D eigenvalue weighted by Crippen LogP contribution is -1.98. The number of hydrogen-bond acceptors (Lipinski definition) is 3. The Morgan fingerprint density at radius 1 is 1.37 bits per heavy atom. The molecular formula is C14H14BrClN2O. The first-order chi connectivity index (χ1) is 9.02. The smallest absolute Gasteiger partial charge is 0.159 e. The van der Waals surface area contributed by atoms with E-state index < -0.39 is 0 Å². The zero-order valence-electron chi connectivity index (χ0n) is 10.9. The molecule has 2 aromatic rings. The van der Waals surface area contributed by atoms with Crippen LogP contribution in [0.15, 0.2) is 28.9 Å². The number of benzene rings is 1. The fraction of sp³-hybridized carbons (Fsp3) is 0.286. The first-order valence-corrected chi connectivity index (χ1v) is 7.07. The molecule has 5 heteroatoms. The average molecular weight is 342 g/mol. The topological polar surface area (TPSA) is 35.0 Å². The molecule has 100 valence electrons. The molecule has 3 nitrogen and oxygen atoms in total. The number of halogens is 2. The first kappa shape index (κ1) is 14.3. The zero-order valence-corrected chi connectivity index (χ0v) is 13.3. The summed E-state index contributed by atoms with van der Waals surface area (Å²) >= 11 is 9.53. The van der Waals surface area contributed by atoms with Crippen LogP contribution in [0, 0.1) is 6.92 Å². The van der Waals surface area contributed by atoms with Gasteiger partial charge in [0, 0.05) is 23.0 Å². The van der Waals surface area contributed by atoms with Crippen LogP contribution in [-0.2, 0) is 0 Å². The minimum atomic E-state index is -0.0864. The van der Waals surface area contributed by atoms with Gasteiger partial charge in [0.25, 0.3) is 0 Å². The molecule has 0 aliphatic heterocycles. The van der Waals surface area contributed by atoms with E-state index in [1.807, 2.05) is 32.0 Å². The highest BCUT2D eigenvalue weighted by Crippen LogP contribution is 2.30. The molecule has 0 saturated heterocycles. The van der Waals surface area contributed by atoms with Crippen LogP contribution >= 0.6 is 27.5 Å². The van der Waals surface area contributed by atoms with Gasteiger partial charge in [-0.2, -0.15) is 0 Å². The normalized spacial score (nSPS) is 12.3. The minimum Gasteiger partial charge on any atom is -0.496 e. The summed E-state index contributed by atoms with van der Waals surface area (Å²) in [6.45, 7) is 3.86. The average Bonchev–Trinajstić information content (AvgIpc) is 2.38. The lowest BCUT2D eigenvalue weighted by molar-refractivity contribution is 0.412. The number of aromatic nitrogens is 2. The molecule has 0 spiro atoms. The number of alkyl halides is 1. The van der Waals surface area contributed by atoms with E-state index in [-0.39, 0.29) is 5.38 Å². The second-order valence-electron chi connectivity index (χ2n) is 4.20. The Balaban J connectivity index is 2.42. The number of hydrogen-bond donors (Lipinski definition) is 0. The highest BCUT2D eigenvalue weighted by molar-refractivity contribution is 9.10. The van der Waals surface area contributed by atoms with Gasteiger partial charge in [-0.1, -0.05) is 0 Å². The summed E-state index contributed by atoms with van der Waals surface area (Å²) in [5.41, 5.74) is 2.79. The molecule has 0 aliphatic rings. The third kappa shape index (κ3) is 3.07. The highest BCUT2D eigenvalue weighted by Gasteiger charge is 2.10. The molecule has 0 N–H and O–H groups in total. The Bertz CT molecular complexity index is 602. The number of ether oxygens (including phenoxy) is 1. The molecule has 1 aromatic carbocycles. The quantitative estimate of drug-likeness (QED) is 0.770. The molecule has 0 aliphatic carbocycles. The van der Waals surface area contributed by atoms with E-state index in [2.05, 4.69) is 25.9 Å². The lowest BCUT2D eigenvalue weighted by Gasteiger charge is -2.09. The number of rotatable bonds is 3. The van der Waals surface area contributed by atoms with Gasteiger partial charge in [0.05, 0.1) is 17.0 Å². The SMILES string of the molecule is COc1ccc(-c2ncc(C(C)Cl)c(C)n2)cc1Br. The van der Waals surface area contributed by atoms with E-state index in [0.29, 0.717) is 5.82 Å². The van der Waals surface area contributed by atoms with Crippen molar-refractivity contribution in [2.45, 2.75) is 19.2 Å². The van der Waals surface area contributed by atoms with Crippen LogP contribution in [0.4, 0.5) is 0 Å². The van der Waals surface area contributed by atoms with Gasteiger partial charge in [-0.25, -0.2) is 9.97 Å². The predicted octanol–water partition coefficient (Wildman–Crippen LogP) is 4.52.